The highest BCUT2D eigenvalue weighted by molar-refractivity contribution is 9.10. The molecule has 0 aromatic heterocycles. The van der Waals surface area contributed by atoms with Crippen molar-refractivity contribution in [2.45, 2.75) is 13.8 Å². The number of carbonyl (C=O) groups excluding carboxylic acids is 3. The lowest BCUT2D eigenvalue weighted by atomic mass is 10.1. The third kappa shape index (κ3) is 3.04. The maximum absolute atomic E-state index is 12.5. The van der Waals surface area contributed by atoms with E-state index >= 15 is 0 Å². The molecule has 22 heavy (non-hydrogen) atoms. The van der Waals surface area contributed by atoms with Crippen LogP contribution >= 0.6 is 15.9 Å². The van der Waals surface area contributed by atoms with Gasteiger partial charge in [0.05, 0.1) is 24.5 Å². The molecule has 1 aromatic rings. The number of hydrogen-bond acceptors (Lipinski definition) is 5. The number of nitrogens with zero attached hydrogens (tertiary/aromatic N) is 1. The predicted molar refractivity (Wildman–Crippen MR) is 83.3 cm³/mol. The molecule has 0 saturated heterocycles. The fourth-order valence-electron chi connectivity index (χ4n) is 2.07. The zero-order valence-corrected chi connectivity index (χ0v) is 13.7. The maximum atomic E-state index is 12.5. The lowest BCUT2D eigenvalue weighted by molar-refractivity contribution is -0.137. The minimum absolute atomic E-state index is 0.0998. The van der Waals surface area contributed by atoms with Crippen molar-refractivity contribution in [2.24, 2.45) is 0 Å². The van der Waals surface area contributed by atoms with Crippen LogP contribution in [0.3, 0.4) is 0 Å². The van der Waals surface area contributed by atoms with Gasteiger partial charge in [0.1, 0.15) is 0 Å². The molecule has 0 unspecified atom stereocenters. The zero-order chi connectivity index (χ0) is 16.3. The maximum Gasteiger partial charge on any atom is 0.421 e. The van der Waals surface area contributed by atoms with E-state index in [1.165, 1.54) is 0 Å². The monoisotopic (exact) mass is 367 g/mol. The Balaban J connectivity index is 2.50. The molecule has 1 aliphatic rings. The Bertz CT molecular complexity index is 668. The van der Waals surface area contributed by atoms with Crippen molar-refractivity contribution in [1.29, 1.82) is 0 Å². The molecule has 0 aliphatic carbocycles. The number of anilines is 1. The quantitative estimate of drug-likeness (QED) is 0.606. The zero-order valence-electron chi connectivity index (χ0n) is 12.1. The first-order valence-electron chi connectivity index (χ1n) is 6.69. The molecule has 116 valence electrons. The highest BCUT2D eigenvalue weighted by Crippen LogP contribution is 2.38. The number of benzene rings is 1. The Morgan fingerprint density at radius 2 is 1.91 bits per heavy atom. The molecule has 7 heteroatoms. The third-order valence-electron chi connectivity index (χ3n) is 2.92. The van der Waals surface area contributed by atoms with Crippen molar-refractivity contribution >= 4 is 45.2 Å². The van der Waals surface area contributed by atoms with E-state index in [-0.39, 0.29) is 18.8 Å². The number of amides is 2. The van der Waals surface area contributed by atoms with Gasteiger partial charge in [-0.3, -0.25) is 4.79 Å². The van der Waals surface area contributed by atoms with Crippen LogP contribution in [-0.4, -0.2) is 31.2 Å². The number of imide groups is 1. The highest BCUT2D eigenvalue weighted by atomic mass is 79.9. The molecule has 0 atom stereocenters. The molecule has 2 rings (SSSR count). The van der Waals surface area contributed by atoms with Crippen LogP contribution in [0.25, 0.3) is 5.57 Å². The van der Waals surface area contributed by atoms with Crippen molar-refractivity contribution in [1.82, 2.24) is 0 Å². The molecule has 0 fully saturated rings. The lowest BCUT2D eigenvalue weighted by Crippen LogP contribution is -2.34. The molecule has 1 aromatic carbocycles. The van der Waals surface area contributed by atoms with E-state index in [9.17, 15) is 14.4 Å². The fourth-order valence-corrected chi connectivity index (χ4v) is 2.44. The Kier molecular flexibility index (Phi) is 4.97. The van der Waals surface area contributed by atoms with Crippen molar-refractivity contribution in [2.75, 3.05) is 18.1 Å². The third-order valence-corrected chi connectivity index (χ3v) is 3.42. The SMILES string of the molecule is CCOC(=O)/C=C1/C(=O)N(C(=O)OCC)c2ccc(Br)cc21. The second kappa shape index (κ2) is 6.74. The molecule has 0 radical (unpaired) electrons. The largest absolute Gasteiger partial charge is 0.463 e. The van der Waals surface area contributed by atoms with Gasteiger partial charge in [-0.1, -0.05) is 15.9 Å². The summed E-state index contributed by atoms with van der Waals surface area (Å²) in [5.74, 6) is -1.25. The topological polar surface area (TPSA) is 72.9 Å². The van der Waals surface area contributed by atoms with Crippen molar-refractivity contribution in [3.8, 4) is 0 Å². The van der Waals surface area contributed by atoms with Crippen LogP contribution in [0.5, 0.6) is 0 Å². The molecule has 6 nitrogen and oxygen atoms in total. The summed E-state index contributed by atoms with van der Waals surface area (Å²) in [4.78, 5) is 37.0. The van der Waals surface area contributed by atoms with Crippen LogP contribution in [0, 0.1) is 0 Å². The predicted octanol–water partition coefficient (Wildman–Crippen LogP) is 2.90. The van der Waals surface area contributed by atoms with E-state index in [1.54, 1.807) is 32.0 Å². The smallest absolute Gasteiger partial charge is 0.421 e. The molecule has 0 saturated carbocycles. The average molecular weight is 368 g/mol. The van der Waals surface area contributed by atoms with Crippen LogP contribution in [0.2, 0.25) is 0 Å². The molecular weight excluding hydrogens is 354 g/mol. The van der Waals surface area contributed by atoms with E-state index in [1.807, 2.05) is 0 Å². The van der Waals surface area contributed by atoms with Crippen LogP contribution in [-0.2, 0) is 19.1 Å². The van der Waals surface area contributed by atoms with E-state index in [4.69, 9.17) is 9.47 Å². The van der Waals surface area contributed by atoms with Gasteiger partial charge in [-0.05, 0) is 32.0 Å². The second-order valence-electron chi connectivity index (χ2n) is 4.31. The van der Waals surface area contributed by atoms with E-state index < -0.39 is 18.0 Å². The second-order valence-corrected chi connectivity index (χ2v) is 5.23. The number of rotatable bonds is 3. The number of fused-ring (bicyclic) bond motifs is 1. The Morgan fingerprint density at radius 3 is 2.55 bits per heavy atom. The summed E-state index contributed by atoms with van der Waals surface area (Å²) < 4.78 is 10.4. The molecule has 0 bridgehead atoms. The van der Waals surface area contributed by atoms with Gasteiger partial charge in [0.25, 0.3) is 5.91 Å². The fraction of sp³-hybridized carbons (Fsp3) is 0.267. The van der Waals surface area contributed by atoms with Crippen LogP contribution < -0.4 is 4.90 Å². The average Bonchev–Trinajstić information content (AvgIpc) is 2.72. The normalized spacial score (nSPS) is 15.0. The number of ether oxygens (including phenoxy) is 2. The van der Waals surface area contributed by atoms with Crippen molar-refractivity contribution in [3.05, 3.63) is 34.3 Å². The minimum atomic E-state index is -0.775. The standard InChI is InChI=1S/C15H14BrNO5/c1-3-21-13(18)8-11-10-7-9(16)5-6-12(10)17(14(11)19)15(20)22-4-2/h5-8H,3-4H2,1-2H3/b11-8+. The van der Waals surface area contributed by atoms with Gasteiger partial charge in [-0.25, -0.2) is 14.5 Å². The van der Waals surface area contributed by atoms with Crippen LogP contribution in [0.1, 0.15) is 19.4 Å². The Morgan fingerprint density at radius 1 is 1.23 bits per heavy atom. The Hall–Kier alpha value is -2.15. The van der Waals surface area contributed by atoms with E-state index in [2.05, 4.69) is 15.9 Å². The van der Waals surface area contributed by atoms with Crippen molar-refractivity contribution in [3.63, 3.8) is 0 Å². The molecule has 0 N–H and O–H groups in total. The van der Waals surface area contributed by atoms with E-state index in [0.29, 0.717) is 11.3 Å². The summed E-state index contributed by atoms with van der Waals surface area (Å²) in [5, 5.41) is 0. The first kappa shape index (κ1) is 16.2. The van der Waals surface area contributed by atoms with E-state index in [0.717, 1.165) is 15.4 Å². The summed E-state index contributed by atoms with van der Waals surface area (Å²) in [5.41, 5.74) is 0.950. The van der Waals surface area contributed by atoms with Gasteiger partial charge in [-0.2, -0.15) is 0 Å². The van der Waals surface area contributed by atoms with Gasteiger partial charge >= 0.3 is 12.1 Å². The summed E-state index contributed by atoms with van der Waals surface area (Å²) in [6.07, 6.45) is 0.319. The molecule has 1 aliphatic heterocycles. The first-order chi connectivity index (χ1) is 10.5. The molecule has 2 amide bonds. The van der Waals surface area contributed by atoms with Gasteiger partial charge in [0, 0.05) is 16.1 Å². The summed E-state index contributed by atoms with van der Waals surface area (Å²) in [6, 6.07) is 4.98. The molecule has 1 heterocycles. The van der Waals surface area contributed by atoms with Gasteiger partial charge in [0.2, 0.25) is 0 Å². The minimum Gasteiger partial charge on any atom is -0.463 e. The van der Waals surface area contributed by atoms with Crippen molar-refractivity contribution < 1.29 is 23.9 Å². The lowest BCUT2D eigenvalue weighted by Gasteiger charge is -2.14. The van der Waals surface area contributed by atoms with Gasteiger partial charge < -0.3 is 9.47 Å². The number of hydrogen-bond donors (Lipinski definition) is 0. The molecular formula is C15H14BrNO5. The summed E-state index contributed by atoms with van der Waals surface area (Å²) in [6.45, 7) is 3.66. The number of carbonyl (C=O) groups is 3. The first-order valence-corrected chi connectivity index (χ1v) is 7.48. The van der Waals surface area contributed by atoms with Crippen LogP contribution in [0.4, 0.5) is 10.5 Å². The van der Waals surface area contributed by atoms with Crippen LogP contribution in [0.15, 0.2) is 28.7 Å². The number of esters is 1. The summed E-state index contributed by atoms with van der Waals surface area (Å²) in [7, 11) is 0. The summed E-state index contributed by atoms with van der Waals surface area (Å²) >= 11 is 3.31. The van der Waals surface area contributed by atoms with Gasteiger partial charge in [-0.15, -0.1) is 0 Å². The highest BCUT2D eigenvalue weighted by Gasteiger charge is 2.38. The van der Waals surface area contributed by atoms with Gasteiger partial charge in [0.15, 0.2) is 0 Å². The molecule has 0 spiro atoms. The number of halogens is 1. The Labute approximate surface area is 135 Å².